The summed E-state index contributed by atoms with van der Waals surface area (Å²) in [4.78, 5) is 28.0. The molecule has 0 bridgehead atoms. The quantitative estimate of drug-likeness (QED) is 0.758. The van der Waals surface area contributed by atoms with Crippen LogP contribution in [0.5, 0.6) is 0 Å². The van der Waals surface area contributed by atoms with Crippen molar-refractivity contribution < 1.29 is 0 Å². The first-order valence-electron chi connectivity index (χ1n) is 5.61. The van der Waals surface area contributed by atoms with Gasteiger partial charge in [-0.05, 0) is 13.3 Å². The summed E-state index contributed by atoms with van der Waals surface area (Å²) in [6, 6.07) is 0.185. The lowest BCUT2D eigenvalue weighted by atomic mass is 10.2. The zero-order chi connectivity index (χ0) is 12.7. The molecule has 2 rings (SSSR count). The van der Waals surface area contributed by atoms with Gasteiger partial charge in [0.15, 0.2) is 11.2 Å². The summed E-state index contributed by atoms with van der Waals surface area (Å²) in [6.07, 6.45) is 2.52. The number of aromatic nitrogens is 4. The van der Waals surface area contributed by atoms with Crippen molar-refractivity contribution in [3.05, 3.63) is 27.2 Å². The van der Waals surface area contributed by atoms with Crippen LogP contribution >= 0.6 is 0 Å². The lowest BCUT2D eigenvalue weighted by Gasteiger charge is -2.11. The van der Waals surface area contributed by atoms with Crippen molar-refractivity contribution in [1.82, 2.24) is 18.7 Å². The molecule has 0 aliphatic heterocycles. The van der Waals surface area contributed by atoms with Crippen molar-refractivity contribution in [2.24, 2.45) is 14.1 Å². The van der Waals surface area contributed by atoms with E-state index in [-0.39, 0.29) is 17.3 Å². The predicted molar refractivity (Wildman–Crippen MR) is 65.2 cm³/mol. The Hall–Kier alpha value is -1.85. The molecule has 0 aliphatic carbocycles. The van der Waals surface area contributed by atoms with Gasteiger partial charge in [0, 0.05) is 20.1 Å². The van der Waals surface area contributed by atoms with Gasteiger partial charge in [-0.15, -0.1) is 0 Å². The first kappa shape index (κ1) is 11.6. The number of rotatable bonds is 2. The molecule has 0 spiro atoms. The van der Waals surface area contributed by atoms with E-state index in [1.54, 1.807) is 13.4 Å². The Balaban J connectivity index is 2.96. The van der Waals surface area contributed by atoms with Crippen LogP contribution in [0.1, 0.15) is 26.3 Å². The fourth-order valence-corrected chi connectivity index (χ4v) is 1.89. The van der Waals surface area contributed by atoms with E-state index >= 15 is 0 Å². The zero-order valence-corrected chi connectivity index (χ0v) is 10.5. The van der Waals surface area contributed by atoms with Crippen LogP contribution < -0.4 is 11.2 Å². The standard InChI is InChI=1S/C11H16N4O2/c1-5-7(2)15-6-12-9-8(15)10(16)14(4)11(17)13(9)3/h6-7H,5H2,1-4H3/t7-/m0/s1. The van der Waals surface area contributed by atoms with E-state index in [9.17, 15) is 9.59 Å². The van der Waals surface area contributed by atoms with Gasteiger partial charge in [0.25, 0.3) is 5.56 Å². The number of hydrogen-bond acceptors (Lipinski definition) is 3. The number of aryl methyl sites for hydroxylation is 1. The average Bonchev–Trinajstić information content (AvgIpc) is 2.77. The molecule has 0 aromatic carbocycles. The molecule has 0 amide bonds. The monoisotopic (exact) mass is 236 g/mol. The molecule has 0 aliphatic rings. The highest BCUT2D eigenvalue weighted by Gasteiger charge is 2.16. The molecule has 0 saturated heterocycles. The van der Waals surface area contributed by atoms with Gasteiger partial charge in [-0.25, -0.2) is 9.78 Å². The molecular weight excluding hydrogens is 220 g/mol. The molecule has 17 heavy (non-hydrogen) atoms. The molecule has 92 valence electrons. The number of hydrogen-bond donors (Lipinski definition) is 0. The Labute approximate surface area is 98.1 Å². The maximum Gasteiger partial charge on any atom is 0.332 e. The van der Waals surface area contributed by atoms with E-state index in [0.29, 0.717) is 11.2 Å². The van der Waals surface area contributed by atoms with Gasteiger partial charge >= 0.3 is 5.69 Å². The van der Waals surface area contributed by atoms with Gasteiger partial charge in [0.1, 0.15) is 0 Å². The van der Waals surface area contributed by atoms with Crippen LogP contribution in [0.3, 0.4) is 0 Å². The number of imidazole rings is 1. The molecule has 0 saturated carbocycles. The second-order valence-corrected chi connectivity index (χ2v) is 4.29. The first-order chi connectivity index (χ1) is 7.99. The minimum atomic E-state index is -0.350. The molecule has 2 aromatic heterocycles. The summed E-state index contributed by atoms with van der Waals surface area (Å²) in [5, 5.41) is 0. The van der Waals surface area contributed by atoms with Crippen LogP contribution in [0.15, 0.2) is 15.9 Å². The molecule has 6 heteroatoms. The number of nitrogens with zero attached hydrogens (tertiary/aromatic N) is 4. The molecule has 1 atom stereocenters. The Morgan fingerprint density at radius 2 is 1.94 bits per heavy atom. The van der Waals surface area contributed by atoms with E-state index in [2.05, 4.69) is 4.98 Å². The maximum atomic E-state index is 12.1. The van der Waals surface area contributed by atoms with Gasteiger partial charge in [-0.1, -0.05) is 6.92 Å². The lowest BCUT2D eigenvalue weighted by molar-refractivity contribution is 0.541. The van der Waals surface area contributed by atoms with Crippen LogP contribution in [-0.2, 0) is 14.1 Å². The third-order valence-corrected chi connectivity index (χ3v) is 3.24. The minimum Gasteiger partial charge on any atom is -0.322 e. The zero-order valence-electron chi connectivity index (χ0n) is 10.5. The Morgan fingerprint density at radius 1 is 1.29 bits per heavy atom. The lowest BCUT2D eigenvalue weighted by Crippen LogP contribution is -2.37. The van der Waals surface area contributed by atoms with E-state index in [0.717, 1.165) is 11.0 Å². The molecule has 2 aromatic rings. The van der Waals surface area contributed by atoms with Crippen molar-refractivity contribution in [3.8, 4) is 0 Å². The van der Waals surface area contributed by atoms with Crippen molar-refractivity contribution >= 4 is 11.2 Å². The van der Waals surface area contributed by atoms with Crippen LogP contribution in [0.2, 0.25) is 0 Å². The topological polar surface area (TPSA) is 61.8 Å². The van der Waals surface area contributed by atoms with Crippen LogP contribution in [-0.4, -0.2) is 18.7 Å². The summed E-state index contributed by atoms with van der Waals surface area (Å²) in [5.41, 5.74) is 0.292. The van der Waals surface area contributed by atoms with Crippen LogP contribution in [0.25, 0.3) is 11.2 Å². The van der Waals surface area contributed by atoms with Gasteiger partial charge < -0.3 is 4.57 Å². The van der Waals surface area contributed by atoms with Crippen molar-refractivity contribution in [1.29, 1.82) is 0 Å². The SMILES string of the molecule is CC[C@H](C)n1cnc2c1c(=O)n(C)c(=O)n2C. The van der Waals surface area contributed by atoms with E-state index in [1.807, 2.05) is 18.4 Å². The summed E-state index contributed by atoms with van der Waals surface area (Å²) < 4.78 is 4.34. The van der Waals surface area contributed by atoms with Gasteiger partial charge in [-0.2, -0.15) is 0 Å². The first-order valence-corrected chi connectivity index (χ1v) is 5.61. The molecular formula is C11H16N4O2. The fraction of sp³-hybridized carbons (Fsp3) is 0.545. The normalized spacial score (nSPS) is 13.2. The van der Waals surface area contributed by atoms with E-state index in [4.69, 9.17) is 0 Å². The van der Waals surface area contributed by atoms with Crippen molar-refractivity contribution in [2.45, 2.75) is 26.3 Å². The molecule has 6 nitrogen and oxygen atoms in total. The van der Waals surface area contributed by atoms with Gasteiger partial charge in [0.05, 0.1) is 6.33 Å². The summed E-state index contributed by atoms with van der Waals surface area (Å²) in [6.45, 7) is 4.06. The van der Waals surface area contributed by atoms with E-state index < -0.39 is 0 Å². The third kappa shape index (κ3) is 1.51. The second kappa shape index (κ2) is 3.87. The average molecular weight is 236 g/mol. The van der Waals surface area contributed by atoms with Gasteiger partial charge in [0.2, 0.25) is 0 Å². The minimum absolute atomic E-state index is 0.185. The summed E-state index contributed by atoms with van der Waals surface area (Å²) >= 11 is 0. The number of fused-ring (bicyclic) bond motifs is 1. The Kier molecular flexibility index (Phi) is 2.65. The van der Waals surface area contributed by atoms with Crippen LogP contribution in [0, 0.1) is 0 Å². The van der Waals surface area contributed by atoms with Crippen molar-refractivity contribution in [2.75, 3.05) is 0 Å². The van der Waals surface area contributed by atoms with Crippen LogP contribution in [0.4, 0.5) is 0 Å². The summed E-state index contributed by atoms with van der Waals surface area (Å²) in [5.74, 6) is 0. The highest BCUT2D eigenvalue weighted by molar-refractivity contribution is 5.70. The largest absolute Gasteiger partial charge is 0.332 e. The Morgan fingerprint density at radius 3 is 2.53 bits per heavy atom. The van der Waals surface area contributed by atoms with E-state index in [1.165, 1.54) is 11.6 Å². The smallest absolute Gasteiger partial charge is 0.322 e. The van der Waals surface area contributed by atoms with Gasteiger partial charge in [-0.3, -0.25) is 13.9 Å². The highest BCUT2D eigenvalue weighted by Crippen LogP contribution is 2.15. The molecule has 0 fully saturated rings. The molecule has 2 heterocycles. The highest BCUT2D eigenvalue weighted by atomic mass is 16.2. The predicted octanol–water partition coefficient (Wildman–Crippen LogP) is 0.405. The fourth-order valence-electron chi connectivity index (χ4n) is 1.89. The second-order valence-electron chi connectivity index (χ2n) is 4.29. The third-order valence-electron chi connectivity index (χ3n) is 3.24. The Bertz CT molecular complexity index is 677. The molecule has 0 N–H and O–H groups in total. The maximum absolute atomic E-state index is 12.1. The summed E-state index contributed by atoms with van der Waals surface area (Å²) in [7, 11) is 3.11. The van der Waals surface area contributed by atoms with Crippen molar-refractivity contribution in [3.63, 3.8) is 0 Å². The molecule has 0 radical (unpaired) electrons. The molecule has 0 unspecified atom stereocenters.